The third kappa shape index (κ3) is 11.4. The Hall–Kier alpha value is 0.260. The molecule has 0 aromatic carbocycles. The first kappa shape index (κ1) is 23.3. The molecule has 0 spiro atoms. The van der Waals surface area contributed by atoms with Gasteiger partial charge in [0, 0.05) is 31.1 Å². The number of sulfone groups is 1. The molecule has 6 nitrogen and oxygen atoms in total. The van der Waals surface area contributed by atoms with Crippen LogP contribution >= 0.6 is 35.7 Å². The van der Waals surface area contributed by atoms with Crippen molar-refractivity contribution in [3.8, 4) is 0 Å². The molecular weight excluding hydrogens is 449 g/mol. The van der Waals surface area contributed by atoms with Crippen molar-refractivity contribution in [1.82, 2.24) is 10.6 Å². The van der Waals surface area contributed by atoms with Crippen LogP contribution in [0.25, 0.3) is 0 Å². The second-order valence-corrected chi connectivity index (χ2v) is 9.00. The molecule has 0 aromatic rings. The van der Waals surface area contributed by atoms with E-state index in [-0.39, 0.29) is 36.3 Å². The van der Waals surface area contributed by atoms with E-state index in [4.69, 9.17) is 4.74 Å². The van der Waals surface area contributed by atoms with Gasteiger partial charge in [0.15, 0.2) is 5.96 Å². The molecule has 0 bridgehead atoms. The number of nitrogens with zero attached hydrogens (tertiary/aromatic N) is 1. The first-order valence-corrected chi connectivity index (χ1v) is 11.0. The molecule has 1 fully saturated rings. The highest BCUT2D eigenvalue weighted by atomic mass is 127. The molecule has 2 N–H and O–H groups in total. The van der Waals surface area contributed by atoms with Gasteiger partial charge >= 0.3 is 0 Å². The van der Waals surface area contributed by atoms with Crippen LogP contribution in [-0.2, 0) is 14.6 Å². The van der Waals surface area contributed by atoms with Crippen LogP contribution < -0.4 is 10.6 Å². The van der Waals surface area contributed by atoms with Gasteiger partial charge in [0.05, 0.1) is 19.0 Å². The summed E-state index contributed by atoms with van der Waals surface area (Å²) in [7, 11) is -1.18. The van der Waals surface area contributed by atoms with Gasteiger partial charge in [0.25, 0.3) is 0 Å². The maximum atomic E-state index is 11.0. The van der Waals surface area contributed by atoms with Crippen LogP contribution in [0.1, 0.15) is 25.7 Å². The molecular formula is C14H30IN3O3S2. The fraction of sp³-hybridized carbons (Fsp3) is 0.929. The van der Waals surface area contributed by atoms with Crippen molar-refractivity contribution >= 4 is 51.5 Å². The number of thioether (sulfide) groups is 1. The molecule has 0 radical (unpaired) electrons. The number of halogens is 1. The summed E-state index contributed by atoms with van der Waals surface area (Å²) >= 11 is 1.94. The van der Waals surface area contributed by atoms with Crippen molar-refractivity contribution in [3.63, 3.8) is 0 Å². The molecule has 2 unspecified atom stereocenters. The zero-order chi connectivity index (χ0) is 16.4. The first-order chi connectivity index (χ1) is 10.4. The van der Waals surface area contributed by atoms with Gasteiger partial charge in [-0.15, -0.1) is 24.0 Å². The minimum Gasteiger partial charge on any atom is -0.379 e. The lowest BCUT2D eigenvalue weighted by Crippen LogP contribution is -2.46. The Bertz CT molecular complexity index is 447. The topological polar surface area (TPSA) is 79.8 Å². The van der Waals surface area contributed by atoms with E-state index in [1.165, 1.54) is 31.9 Å². The maximum absolute atomic E-state index is 11.0. The highest BCUT2D eigenvalue weighted by Crippen LogP contribution is 2.26. The van der Waals surface area contributed by atoms with Crippen molar-refractivity contribution in [2.24, 2.45) is 4.99 Å². The lowest BCUT2D eigenvalue weighted by Gasteiger charge is -2.29. The summed E-state index contributed by atoms with van der Waals surface area (Å²) in [4.78, 5) is 4.23. The number of hydrogen-bond donors (Lipinski definition) is 2. The highest BCUT2D eigenvalue weighted by molar-refractivity contribution is 14.0. The van der Waals surface area contributed by atoms with Crippen molar-refractivity contribution in [1.29, 1.82) is 0 Å². The molecule has 23 heavy (non-hydrogen) atoms. The van der Waals surface area contributed by atoms with E-state index in [9.17, 15) is 8.42 Å². The Kier molecular flexibility index (Phi) is 12.7. The van der Waals surface area contributed by atoms with E-state index >= 15 is 0 Å². The van der Waals surface area contributed by atoms with Crippen LogP contribution in [0.4, 0.5) is 0 Å². The molecule has 1 aliphatic carbocycles. The van der Waals surface area contributed by atoms with Crippen LogP contribution in [0.15, 0.2) is 4.99 Å². The van der Waals surface area contributed by atoms with E-state index in [1.807, 2.05) is 11.8 Å². The number of rotatable bonds is 8. The minimum atomic E-state index is -2.94. The van der Waals surface area contributed by atoms with Crippen molar-refractivity contribution in [2.45, 2.75) is 37.0 Å². The van der Waals surface area contributed by atoms with Crippen LogP contribution in [0.2, 0.25) is 0 Å². The molecule has 1 rings (SSSR count). The highest BCUT2D eigenvalue weighted by Gasteiger charge is 2.21. The fourth-order valence-electron chi connectivity index (χ4n) is 2.43. The molecule has 1 aliphatic rings. The normalized spacial score (nSPS) is 22.3. The van der Waals surface area contributed by atoms with Gasteiger partial charge in [0.2, 0.25) is 0 Å². The predicted octanol–water partition coefficient (Wildman–Crippen LogP) is 1.50. The zero-order valence-electron chi connectivity index (χ0n) is 14.2. The molecule has 1 saturated carbocycles. The van der Waals surface area contributed by atoms with Gasteiger partial charge in [-0.3, -0.25) is 4.99 Å². The predicted molar refractivity (Wildman–Crippen MR) is 110 cm³/mol. The van der Waals surface area contributed by atoms with Gasteiger partial charge in [-0.05, 0) is 25.5 Å². The molecule has 0 saturated heterocycles. The molecule has 0 heterocycles. The quantitative estimate of drug-likeness (QED) is 0.238. The van der Waals surface area contributed by atoms with Crippen molar-refractivity contribution in [3.05, 3.63) is 0 Å². The van der Waals surface area contributed by atoms with E-state index in [1.54, 1.807) is 7.05 Å². The van der Waals surface area contributed by atoms with E-state index in [0.29, 0.717) is 19.2 Å². The van der Waals surface area contributed by atoms with Crippen LogP contribution in [0, 0.1) is 0 Å². The summed E-state index contributed by atoms with van der Waals surface area (Å²) in [6.45, 7) is 1.32. The SMILES string of the molecule is CN=C(NCCOCCS(C)(=O)=O)NC1CCCC(SC)C1.I. The Morgan fingerprint density at radius 3 is 2.70 bits per heavy atom. The lowest BCUT2D eigenvalue weighted by atomic mass is 9.95. The third-order valence-corrected chi connectivity index (χ3v) is 5.66. The molecule has 0 amide bonds. The second kappa shape index (κ2) is 12.6. The Labute approximate surface area is 161 Å². The van der Waals surface area contributed by atoms with Gasteiger partial charge in [-0.25, -0.2) is 8.42 Å². The van der Waals surface area contributed by atoms with Crippen molar-refractivity contribution in [2.75, 3.05) is 45.1 Å². The van der Waals surface area contributed by atoms with Crippen LogP contribution in [0.5, 0.6) is 0 Å². The summed E-state index contributed by atoms with van der Waals surface area (Å²) < 4.78 is 27.2. The van der Waals surface area contributed by atoms with Crippen molar-refractivity contribution < 1.29 is 13.2 Å². The first-order valence-electron chi connectivity index (χ1n) is 7.70. The van der Waals surface area contributed by atoms with E-state index < -0.39 is 9.84 Å². The van der Waals surface area contributed by atoms with Gasteiger partial charge in [-0.2, -0.15) is 11.8 Å². The molecule has 0 aliphatic heterocycles. The standard InChI is InChI=1S/C14H29N3O3S2.HI/c1-15-14(16-7-8-20-9-10-22(3,18)19)17-12-5-4-6-13(11-12)21-2;/h12-13H,4-11H2,1-3H3,(H2,15,16,17);1H. The van der Waals surface area contributed by atoms with E-state index in [0.717, 1.165) is 11.2 Å². The Balaban J connectivity index is 0.00000484. The lowest BCUT2D eigenvalue weighted by molar-refractivity contribution is 0.154. The number of ether oxygens (including phenoxy) is 1. The molecule has 9 heteroatoms. The van der Waals surface area contributed by atoms with E-state index in [2.05, 4.69) is 21.9 Å². The minimum absolute atomic E-state index is 0. The number of hydrogen-bond acceptors (Lipinski definition) is 5. The second-order valence-electron chi connectivity index (χ2n) is 5.61. The number of guanidine groups is 1. The third-order valence-electron chi connectivity index (χ3n) is 3.66. The molecule has 2 atom stereocenters. The number of aliphatic imine (C=N–C) groups is 1. The number of nitrogens with one attached hydrogen (secondary N) is 2. The Morgan fingerprint density at radius 1 is 1.35 bits per heavy atom. The Morgan fingerprint density at radius 2 is 2.09 bits per heavy atom. The molecule has 138 valence electrons. The smallest absolute Gasteiger partial charge is 0.191 e. The van der Waals surface area contributed by atoms with Gasteiger partial charge in [0.1, 0.15) is 9.84 Å². The average Bonchev–Trinajstić information content (AvgIpc) is 2.48. The summed E-state index contributed by atoms with van der Waals surface area (Å²) in [6.07, 6.45) is 8.31. The summed E-state index contributed by atoms with van der Waals surface area (Å²) in [6, 6.07) is 0.476. The monoisotopic (exact) mass is 479 g/mol. The summed E-state index contributed by atoms with van der Waals surface area (Å²) in [5.41, 5.74) is 0. The van der Waals surface area contributed by atoms with Crippen LogP contribution in [-0.4, -0.2) is 70.7 Å². The van der Waals surface area contributed by atoms with Gasteiger partial charge in [-0.1, -0.05) is 6.42 Å². The maximum Gasteiger partial charge on any atom is 0.191 e. The zero-order valence-corrected chi connectivity index (χ0v) is 18.2. The largest absolute Gasteiger partial charge is 0.379 e. The van der Waals surface area contributed by atoms with Gasteiger partial charge < -0.3 is 15.4 Å². The summed E-state index contributed by atoms with van der Waals surface area (Å²) in [5, 5.41) is 7.40. The fourth-order valence-corrected chi connectivity index (χ4v) is 3.68. The molecule has 0 aromatic heterocycles. The average molecular weight is 479 g/mol. The summed E-state index contributed by atoms with van der Waals surface area (Å²) in [5.74, 6) is 0.858. The van der Waals surface area contributed by atoms with Crippen LogP contribution in [0.3, 0.4) is 0 Å².